The third-order valence-electron chi connectivity index (χ3n) is 6.74. The minimum absolute atomic E-state index is 0.102. The van der Waals surface area contributed by atoms with Crippen LogP contribution < -0.4 is 15.0 Å². The molecular weight excluding hydrogens is 432 g/mol. The van der Waals surface area contributed by atoms with Crippen molar-refractivity contribution in [2.75, 3.05) is 19.9 Å². The normalized spacial score (nSPS) is 16.7. The zero-order valence-electron chi connectivity index (χ0n) is 19.0. The summed E-state index contributed by atoms with van der Waals surface area (Å²) < 4.78 is 12.7. The van der Waals surface area contributed by atoms with E-state index in [1.807, 2.05) is 49.4 Å². The van der Waals surface area contributed by atoms with Crippen molar-refractivity contribution in [2.24, 2.45) is 0 Å². The van der Waals surface area contributed by atoms with Crippen molar-refractivity contribution in [3.63, 3.8) is 0 Å². The van der Waals surface area contributed by atoms with E-state index in [-0.39, 0.29) is 18.4 Å². The van der Waals surface area contributed by atoms with Crippen LogP contribution in [0.4, 0.5) is 0 Å². The second-order valence-electron chi connectivity index (χ2n) is 8.97. The summed E-state index contributed by atoms with van der Waals surface area (Å²) in [7, 11) is 0. The number of aromatic nitrogens is 5. The molecule has 0 unspecified atom stereocenters. The molecule has 0 aliphatic carbocycles. The van der Waals surface area contributed by atoms with Gasteiger partial charge in [0, 0.05) is 5.56 Å². The number of hydrogen-bond donors (Lipinski definition) is 1. The van der Waals surface area contributed by atoms with Crippen molar-refractivity contribution in [3.05, 3.63) is 75.3 Å². The second kappa shape index (κ2) is 8.57. The van der Waals surface area contributed by atoms with Gasteiger partial charge in [0.1, 0.15) is 6.04 Å². The number of piperidine rings is 1. The van der Waals surface area contributed by atoms with Crippen LogP contribution in [0, 0.1) is 6.92 Å². The summed E-state index contributed by atoms with van der Waals surface area (Å²) in [6.45, 7) is 4.50. The lowest BCUT2D eigenvalue weighted by Crippen LogP contribution is -2.38. The van der Waals surface area contributed by atoms with Gasteiger partial charge in [0.05, 0.1) is 12.1 Å². The molecule has 2 aliphatic rings. The number of para-hydroxylation sites is 1. The molecule has 1 fully saturated rings. The van der Waals surface area contributed by atoms with Crippen LogP contribution in [0.3, 0.4) is 0 Å². The van der Waals surface area contributed by atoms with Crippen molar-refractivity contribution in [3.8, 4) is 11.5 Å². The number of nitrogens with zero attached hydrogens (tertiary/aromatic N) is 5. The van der Waals surface area contributed by atoms with Crippen molar-refractivity contribution in [1.29, 1.82) is 0 Å². The number of fused-ring (bicyclic) bond motifs is 2. The van der Waals surface area contributed by atoms with Crippen molar-refractivity contribution < 1.29 is 9.47 Å². The maximum atomic E-state index is 13.4. The summed E-state index contributed by atoms with van der Waals surface area (Å²) in [5.41, 5.74) is 3.48. The van der Waals surface area contributed by atoms with E-state index in [1.165, 1.54) is 6.42 Å². The molecule has 0 bridgehead atoms. The third-order valence-corrected chi connectivity index (χ3v) is 6.74. The van der Waals surface area contributed by atoms with Crippen LogP contribution >= 0.6 is 0 Å². The van der Waals surface area contributed by atoms with Gasteiger partial charge >= 0.3 is 0 Å². The van der Waals surface area contributed by atoms with Crippen molar-refractivity contribution in [1.82, 2.24) is 30.1 Å². The van der Waals surface area contributed by atoms with E-state index in [4.69, 9.17) is 9.47 Å². The number of tetrazole rings is 1. The minimum Gasteiger partial charge on any atom is -0.454 e. The number of likely N-dealkylation sites (tertiary alicyclic amines) is 1. The summed E-state index contributed by atoms with van der Waals surface area (Å²) in [5.74, 6) is 2.13. The standard InChI is InChI=1S/C25H26N6O3/c1-16-6-5-7-18-13-19(25(32)26-22(16)18)23(30-10-3-2-4-11-30)24-27-28-29-31(24)14-17-8-9-20-21(12-17)34-15-33-20/h5-9,12-13,23H,2-4,10-11,14-15H2,1H3,(H,26,32)/t23-/m0/s1. The lowest BCUT2D eigenvalue weighted by atomic mass is 9.99. The van der Waals surface area contributed by atoms with Gasteiger partial charge in [0.15, 0.2) is 17.3 Å². The molecule has 0 saturated carbocycles. The molecule has 1 saturated heterocycles. The van der Waals surface area contributed by atoms with E-state index in [0.717, 1.165) is 59.5 Å². The van der Waals surface area contributed by atoms with Crippen LogP contribution in [0.25, 0.3) is 10.9 Å². The Labute approximate surface area is 196 Å². The number of hydrogen-bond acceptors (Lipinski definition) is 7. The van der Waals surface area contributed by atoms with Gasteiger partial charge in [-0.15, -0.1) is 5.10 Å². The molecule has 9 nitrogen and oxygen atoms in total. The Morgan fingerprint density at radius 1 is 1.06 bits per heavy atom. The van der Waals surface area contributed by atoms with Gasteiger partial charge in [-0.1, -0.05) is 30.7 Å². The summed E-state index contributed by atoms with van der Waals surface area (Å²) >= 11 is 0. The Bertz CT molecular complexity index is 1410. The zero-order valence-corrected chi connectivity index (χ0v) is 19.0. The predicted octanol–water partition coefficient (Wildman–Crippen LogP) is 3.18. The number of nitrogens with one attached hydrogen (secondary N) is 1. The molecule has 1 atom stereocenters. The smallest absolute Gasteiger partial charge is 0.253 e. The lowest BCUT2D eigenvalue weighted by Gasteiger charge is -2.33. The molecule has 0 spiro atoms. The zero-order chi connectivity index (χ0) is 23.1. The molecule has 9 heteroatoms. The highest BCUT2D eigenvalue weighted by Crippen LogP contribution is 2.34. The fraction of sp³-hybridized carbons (Fsp3) is 0.360. The molecule has 6 rings (SSSR count). The maximum absolute atomic E-state index is 13.4. The molecule has 2 aliphatic heterocycles. The Morgan fingerprint density at radius 2 is 1.91 bits per heavy atom. The lowest BCUT2D eigenvalue weighted by molar-refractivity contribution is 0.174. The molecule has 34 heavy (non-hydrogen) atoms. The van der Waals surface area contributed by atoms with Crippen LogP contribution in [0.1, 0.15) is 47.8 Å². The molecule has 1 N–H and O–H groups in total. The number of rotatable bonds is 5. The average Bonchev–Trinajstić information content (AvgIpc) is 3.50. The van der Waals surface area contributed by atoms with Gasteiger partial charge in [-0.05, 0) is 78.0 Å². The van der Waals surface area contributed by atoms with Crippen molar-refractivity contribution in [2.45, 2.75) is 38.8 Å². The second-order valence-corrected chi connectivity index (χ2v) is 8.97. The number of benzene rings is 2. The van der Waals surface area contributed by atoms with E-state index in [9.17, 15) is 4.79 Å². The molecule has 2 aromatic heterocycles. The first kappa shape index (κ1) is 20.9. The average molecular weight is 459 g/mol. The number of aromatic amines is 1. The largest absolute Gasteiger partial charge is 0.454 e. The molecule has 0 amide bonds. The van der Waals surface area contributed by atoms with E-state index < -0.39 is 0 Å². The minimum atomic E-state index is -0.335. The highest BCUT2D eigenvalue weighted by molar-refractivity contribution is 5.82. The first-order valence-corrected chi connectivity index (χ1v) is 11.7. The van der Waals surface area contributed by atoms with E-state index in [0.29, 0.717) is 17.9 Å². The fourth-order valence-electron chi connectivity index (χ4n) is 5.01. The number of ether oxygens (including phenoxy) is 2. The first-order chi connectivity index (χ1) is 16.7. The van der Waals surface area contributed by atoms with Crippen LogP contribution in [0.2, 0.25) is 0 Å². The molecule has 0 radical (unpaired) electrons. The number of pyridine rings is 1. The van der Waals surface area contributed by atoms with Gasteiger partial charge < -0.3 is 14.5 Å². The summed E-state index contributed by atoms with van der Waals surface area (Å²) in [6, 6.07) is 13.6. The Morgan fingerprint density at radius 3 is 2.79 bits per heavy atom. The van der Waals surface area contributed by atoms with Crippen LogP contribution in [-0.2, 0) is 6.54 Å². The Balaban J connectivity index is 1.43. The van der Waals surface area contributed by atoms with Gasteiger partial charge in [-0.2, -0.15) is 0 Å². The quantitative estimate of drug-likeness (QED) is 0.490. The summed E-state index contributed by atoms with van der Waals surface area (Å²) in [5, 5.41) is 13.7. The Hall–Kier alpha value is -3.72. The van der Waals surface area contributed by atoms with E-state index in [1.54, 1.807) is 4.68 Å². The highest BCUT2D eigenvalue weighted by Gasteiger charge is 2.31. The van der Waals surface area contributed by atoms with Crippen LogP contribution in [0.15, 0.2) is 47.3 Å². The molecule has 2 aromatic carbocycles. The maximum Gasteiger partial charge on any atom is 0.253 e. The molecule has 4 aromatic rings. The van der Waals surface area contributed by atoms with Gasteiger partial charge in [0.2, 0.25) is 6.79 Å². The highest BCUT2D eigenvalue weighted by atomic mass is 16.7. The number of H-pyrrole nitrogens is 1. The SMILES string of the molecule is Cc1cccc2cc([C@@H](c3nnnn3Cc3ccc4c(c3)OCO4)N3CCCCC3)c(=O)[nH]c12. The van der Waals surface area contributed by atoms with Crippen molar-refractivity contribution >= 4 is 10.9 Å². The van der Waals surface area contributed by atoms with Crippen LogP contribution in [-0.4, -0.2) is 50.0 Å². The number of aryl methyl sites for hydroxylation is 1. The van der Waals surface area contributed by atoms with E-state index in [2.05, 4.69) is 25.4 Å². The monoisotopic (exact) mass is 458 g/mol. The third kappa shape index (κ3) is 3.71. The summed E-state index contributed by atoms with van der Waals surface area (Å²) in [4.78, 5) is 18.8. The Kier molecular flexibility index (Phi) is 5.26. The van der Waals surface area contributed by atoms with Gasteiger partial charge in [-0.25, -0.2) is 4.68 Å². The first-order valence-electron chi connectivity index (χ1n) is 11.7. The topological polar surface area (TPSA) is 98.2 Å². The van der Waals surface area contributed by atoms with E-state index >= 15 is 0 Å². The molecular formula is C25H26N6O3. The van der Waals surface area contributed by atoms with Gasteiger partial charge in [-0.3, -0.25) is 9.69 Å². The molecule has 174 valence electrons. The molecule has 4 heterocycles. The predicted molar refractivity (Wildman–Crippen MR) is 126 cm³/mol. The van der Waals surface area contributed by atoms with Crippen LogP contribution in [0.5, 0.6) is 11.5 Å². The van der Waals surface area contributed by atoms with Gasteiger partial charge in [0.25, 0.3) is 5.56 Å². The fourth-order valence-corrected chi connectivity index (χ4v) is 5.01. The summed E-state index contributed by atoms with van der Waals surface area (Å²) in [6.07, 6.45) is 3.37.